The number of nitrogens with two attached hydrogens (primary N) is 1. The minimum atomic E-state index is -0.129. The highest BCUT2D eigenvalue weighted by molar-refractivity contribution is 6.30. The molecule has 0 saturated heterocycles. The van der Waals surface area contributed by atoms with Crippen molar-refractivity contribution in [1.82, 2.24) is 10.1 Å². The lowest BCUT2D eigenvalue weighted by Crippen LogP contribution is -2.37. The summed E-state index contributed by atoms with van der Waals surface area (Å²) >= 11 is 5.89. The molecule has 1 aromatic carbocycles. The van der Waals surface area contributed by atoms with Crippen molar-refractivity contribution >= 4 is 11.6 Å². The maximum absolute atomic E-state index is 5.99. The first kappa shape index (κ1) is 13.6. The number of benzene rings is 1. The molecule has 5 heteroatoms. The van der Waals surface area contributed by atoms with E-state index < -0.39 is 0 Å². The Kier molecular flexibility index (Phi) is 3.76. The molecular formula is C15H18ClN3O. The van der Waals surface area contributed by atoms with Crippen LogP contribution in [0, 0.1) is 0 Å². The second-order valence-electron chi connectivity index (χ2n) is 5.48. The van der Waals surface area contributed by atoms with Crippen LogP contribution < -0.4 is 5.73 Å². The Labute approximate surface area is 123 Å². The van der Waals surface area contributed by atoms with E-state index in [1.165, 1.54) is 19.3 Å². The standard InChI is InChI=1S/C15H18ClN3O/c16-12-6-4-11(5-7-12)13-18-14(20-19-13)15(10-17)8-2-1-3-9-15/h4-7H,1-3,8-10,17H2. The zero-order valence-electron chi connectivity index (χ0n) is 11.3. The molecule has 0 atom stereocenters. The summed E-state index contributed by atoms with van der Waals surface area (Å²) in [5.74, 6) is 1.29. The molecule has 1 aliphatic rings. The van der Waals surface area contributed by atoms with E-state index in [1.54, 1.807) is 0 Å². The number of halogens is 1. The van der Waals surface area contributed by atoms with Crippen LogP contribution in [0.5, 0.6) is 0 Å². The van der Waals surface area contributed by atoms with Gasteiger partial charge in [0.25, 0.3) is 0 Å². The van der Waals surface area contributed by atoms with E-state index in [0.29, 0.717) is 23.3 Å². The van der Waals surface area contributed by atoms with Gasteiger partial charge in [-0.15, -0.1) is 0 Å². The fraction of sp³-hybridized carbons (Fsp3) is 0.467. The molecule has 0 bridgehead atoms. The maximum Gasteiger partial charge on any atom is 0.234 e. The van der Waals surface area contributed by atoms with E-state index in [2.05, 4.69) is 10.1 Å². The molecule has 1 heterocycles. The Bertz CT molecular complexity index is 573. The lowest BCUT2D eigenvalue weighted by Gasteiger charge is -2.32. The third-order valence-electron chi connectivity index (χ3n) is 4.18. The van der Waals surface area contributed by atoms with Gasteiger partial charge < -0.3 is 10.3 Å². The molecule has 20 heavy (non-hydrogen) atoms. The first-order valence-corrected chi connectivity index (χ1v) is 7.41. The van der Waals surface area contributed by atoms with Gasteiger partial charge in [-0.3, -0.25) is 0 Å². The summed E-state index contributed by atoms with van der Waals surface area (Å²) in [5.41, 5.74) is 6.77. The second kappa shape index (κ2) is 5.54. The van der Waals surface area contributed by atoms with Crippen molar-refractivity contribution in [2.75, 3.05) is 6.54 Å². The number of nitrogens with zero attached hydrogens (tertiary/aromatic N) is 2. The third kappa shape index (κ3) is 2.45. The number of aromatic nitrogens is 2. The Morgan fingerprint density at radius 1 is 1.15 bits per heavy atom. The molecule has 3 rings (SSSR count). The van der Waals surface area contributed by atoms with Crippen molar-refractivity contribution in [3.05, 3.63) is 35.2 Å². The van der Waals surface area contributed by atoms with Crippen molar-refractivity contribution < 1.29 is 4.52 Å². The third-order valence-corrected chi connectivity index (χ3v) is 4.44. The molecule has 0 radical (unpaired) electrons. The predicted molar refractivity (Wildman–Crippen MR) is 78.6 cm³/mol. The molecule has 2 N–H and O–H groups in total. The van der Waals surface area contributed by atoms with Crippen LogP contribution >= 0.6 is 11.6 Å². The highest BCUT2D eigenvalue weighted by atomic mass is 35.5. The Hall–Kier alpha value is -1.39. The Morgan fingerprint density at radius 3 is 2.50 bits per heavy atom. The van der Waals surface area contributed by atoms with E-state index in [9.17, 15) is 0 Å². The van der Waals surface area contributed by atoms with Gasteiger partial charge in [-0.05, 0) is 37.1 Å². The van der Waals surface area contributed by atoms with Crippen LogP contribution in [-0.2, 0) is 5.41 Å². The largest absolute Gasteiger partial charge is 0.338 e. The van der Waals surface area contributed by atoms with Gasteiger partial charge in [0, 0.05) is 17.1 Å². The van der Waals surface area contributed by atoms with Gasteiger partial charge in [-0.1, -0.05) is 36.0 Å². The van der Waals surface area contributed by atoms with Gasteiger partial charge in [0.2, 0.25) is 11.7 Å². The molecule has 1 aromatic heterocycles. The molecule has 0 aliphatic heterocycles. The molecule has 0 unspecified atom stereocenters. The fourth-order valence-corrected chi connectivity index (χ4v) is 3.01. The van der Waals surface area contributed by atoms with Crippen LogP contribution in [0.1, 0.15) is 38.0 Å². The molecule has 1 saturated carbocycles. The highest BCUT2D eigenvalue weighted by Gasteiger charge is 2.38. The van der Waals surface area contributed by atoms with Crippen molar-refractivity contribution in [1.29, 1.82) is 0 Å². The van der Waals surface area contributed by atoms with E-state index in [0.717, 1.165) is 18.4 Å². The van der Waals surface area contributed by atoms with Gasteiger partial charge in [0.15, 0.2) is 0 Å². The summed E-state index contributed by atoms with van der Waals surface area (Å²) in [6.07, 6.45) is 5.68. The average Bonchev–Trinajstić information content (AvgIpc) is 2.99. The highest BCUT2D eigenvalue weighted by Crippen LogP contribution is 2.38. The lowest BCUT2D eigenvalue weighted by atomic mass is 9.74. The summed E-state index contributed by atoms with van der Waals surface area (Å²) in [6, 6.07) is 7.44. The Morgan fingerprint density at radius 2 is 1.85 bits per heavy atom. The molecule has 106 valence electrons. The number of rotatable bonds is 3. The molecule has 2 aromatic rings. The average molecular weight is 292 g/mol. The van der Waals surface area contributed by atoms with Crippen LogP contribution in [0.3, 0.4) is 0 Å². The number of hydrogen-bond donors (Lipinski definition) is 1. The fourth-order valence-electron chi connectivity index (χ4n) is 2.89. The smallest absolute Gasteiger partial charge is 0.234 e. The van der Waals surface area contributed by atoms with Gasteiger partial charge in [-0.25, -0.2) is 0 Å². The first-order valence-electron chi connectivity index (χ1n) is 7.04. The SMILES string of the molecule is NCC1(c2nc(-c3ccc(Cl)cc3)no2)CCCCC1. The minimum absolute atomic E-state index is 0.129. The minimum Gasteiger partial charge on any atom is -0.338 e. The summed E-state index contributed by atoms with van der Waals surface area (Å²) in [5, 5.41) is 4.80. The van der Waals surface area contributed by atoms with E-state index in [1.807, 2.05) is 24.3 Å². The van der Waals surface area contributed by atoms with Crippen LogP contribution in [0.2, 0.25) is 5.02 Å². The lowest BCUT2D eigenvalue weighted by molar-refractivity contribution is 0.220. The van der Waals surface area contributed by atoms with Gasteiger partial charge in [0.1, 0.15) is 0 Å². The van der Waals surface area contributed by atoms with Crippen LogP contribution in [0.15, 0.2) is 28.8 Å². The van der Waals surface area contributed by atoms with Crippen LogP contribution in [0.25, 0.3) is 11.4 Å². The van der Waals surface area contributed by atoms with Gasteiger partial charge in [-0.2, -0.15) is 4.98 Å². The van der Waals surface area contributed by atoms with Crippen molar-refractivity contribution in [2.24, 2.45) is 5.73 Å². The Balaban J connectivity index is 1.91. The van der Waals surface area contributed by atoms with E-state index >= 15 is 0 Å². The molecule has 0 spiro atoms. The van der Waals surface area contributed by atoms with Gasteiger partial charge in [0.05, 0.1) is 5.41 Å². The van der Waals surface area contributed by atoms with Gasteiger partial charge >= 0.3 is 0 Å². The molecule has 1 fully saturated rings. The molecular weight excluding hydrogens is 274 g/mol. The second-order valence-corrected chi connectivity index (χ2v) is 5.91. The topological polar surface area (TPSA) is 64.9 Å². The normalized spacial score (nSPS) is 18.1. The van der Waals surface area contributed by atoms with Crippen LogP contribution in [-0.4, -0.2) is 16.7 Å². The first-order chi connectivity index (χ1) is 9.73. The zero-order chi connectivity index (χ0) is 14.0. The van der Waals surface area contributed by atoms with E-state index in [-0.39, 0.29) is 5.41 Å². The predicted octanol–water partition coefficient (Wildman–Crippen LogP) is 3.55. The maximum atomic E-state index is 5.99. The molecule has 0 amide bonds. The van der Waals surface area contributed by atoms with Crippen LogP contribution in [0.4, 0.5) is 0 Å². The van der Waals surface area contributed by atoms with Crippen molar-refractivity contribution in [3.63, 3.8) is 0 Å². The summed E-state index contributed by atoms with van der Waals surface area (Å²) < 4.78 is 5.51. The summed E-state index contributed by atoms with van der Waals surface area (Å²) in [6.45, 7) is 0.565. The molecule has 4 nitrogen and oxygen atoms in total. The quantitative estimate of drug-likeness (QED) is 0.939. The zero-order valence-corrected chi connectivity index (χ0v) is 12.1. The molecule has 1 aliphatic carbocycles. The van der Waals surface area contributed by atoms with E-state index in [4.69, 9.17) is 21.9 Å². The monoisotopic (exact) mass is 291 g/mol. The number of hydrogen-bond acceptors (Lipinski definition) is 4. The summed E-state index contributed by atoms with van der Waals surface area (Å²) in [7, 11) is 0. The van der Waals surface area contributed by atoms with Crippen molar-refractivity contribution in [2.45, 2.75) is 37.5 Å². The van der Waals surface area contributed by atoms with Crippen molar-refractivity contribution in [3.8, 4) is 11.4 Å². The summed E-state index contributed by atoms with van der Waals surface area (Å²) in [4.78, 5) is 4.58.